The summed E-state index contributed by atoms with van der Waals surface area (Å²) in [6, 6.07) is 20.9. The Balaban J connectivity index is 1.48. The second-order valence-electron chi connectivity index (χ2n) is 8.55. The van der Waals surface area contributed by atoms with Gasteiger partial charge in [0.2, 0.25) is 5.91 Å². The second-order valence-corrected chi connectivity index (χ2v) is 10.4. The lowest BCUT2D eigenvalue weighted by Crippen LogP contribution is -2.38. The zero-order chi connectivity index (χ0) is 25.3. The van der Waals surface area contributed by atoms with Gasteiger partial charge in [0.1, 0.15) is 18.1 Å². The number of benzene rings is 4. The Morgan fingerprint density at radius 2 is 1.64 bits per heavy atom. The molecule has 1 aliphatic rings. The van der Waals surface area contributed by atoms with Crippen LogP contribution in [0, 0.1) is 5.82 Å². The maximum absolute atomic E-state index is 13.5. The molecule has 0 spiro atoms. The van der Waals surface area contributed by atoms with Crippen LogP contribution in [-0.4, -0.2) is 27.5 Å². The van der Waals surface area contributed by atoms with Crippen molar-refractivity contribution in [1.29, 1.82) is 0 Å². The molecule has 1 N–H and O–H groups in total. The molecule has 4 aromatic rings. The summed E-state index contributed by atoms with van der Waals surface area (Å²) in [6.45, 7) is 1.86. The Morgan fingerprint density at radius 3 is 2.33 bits per heavy atom. The molecule has 0 saturated heterocycles. The minimum absolute atomic E-state index is 0.115. The molecule has 8 heteroatoms. The van der Waals surface area contributed by atoms with E-state index in [1.165, 1.54) is 23.3 Å². The highest BCUT2D eigenvalue weighted by Gasteiger charge is 2.28. The molecule has 6 nitrogen and oxygen atoms in total. The van der Waals surface area contributed by atoms with Gasteiger partial charge in [0.25, 0.3) is 10.0 Å². The third-order valence-electron chi connectivity index (χ3n) is 6.28. The summed E-state index contributed by atoms with van der Waals surface area (Å²) >= 11 is 0. The Labute approximate surface area is 209 Å². The molecule has 0 fully saturated rings. The molecule has 0 saturated carbocycles. The largest absolute Gasteiger partial charge is 0.494 e. The smallest absolute Gasteiger partial charge is 0.264 e. The van der Waals surface area contributed by atoms with Crippen LogP contribution in [0.25, 0.3) is 10.8 Å². The van der Waals surface area contributed by atoms with Gasteiger partial charge in [0, 0.05) is 11.1 Å². The number of ether oxygens (including phenoxy) is 1. The molecule has 0 aliphatic heterocycles. The second kappa shape index (κ2) is 9.62. The Kier molecular flexibility index (Phi) is 6.36. The fourth-order valence-electron chi connectivity index (χ4n) is 4.60. The van der Waals surface area contributed by atoms with Crippen LogP contribution in [-0.2, 0) is 27.7 Å². The maximum Gasteiger partial charge on any atom is 0.264 e. The Morgan fingerprint density at radius 1 is 0.944 bits per heavy atom. The van der Waals surface area contributed by atoms with E-state index in [0.29, 0.717) is 23.7 Å². The van der Waals surface area contributed by atoms with Gasteiger partial charge in [0.15, 0.2) is 0 Å². The fourth-order valence-corrected chi connectivity index (χ4v) is 6.02. The molecular formula is C28H25FN2O4S. The van der Waals surface area contributed by atoms with Crippen molar-refractivity contribution >= 4 is 38.1 Å². The Bertz CT molecular complexity index is 1520. The van der Waals surface area contributed by atoms with Crippen molar-refractivity contribution in [1.82, 2.24) is 0 Å². The van der Waals surface area contributed by atoms with Gasteiger partial charge in [0.05, 0.1) is 17.2 Å². The minimum Gasteiger partial charge on any atom is -0.494 e. The van der Waals surface area contributed by atoms with Crippen molar-refractivity contribution in [2.24, 2.45) is 0 Å². The topological polar surface area (TPSA) is 75.7 Å². The third kappa shape index (κ3) is 4.52. The predicted molar refractivity (Wildman–Crippen MR) is 139 cm³/mol. The van der Waals surface area contributed by atoms with E-state index in [-0.39, 0.29) is 4.90 Å². The van der Waals surface area contributed by atoms with Crippen LogP contribution in [0.4, 0.5) is 15.8 Å². The van der Waals surface area contributed by atoms with Gasteiger partial charge in [-0.15, -0.1) is 0 Å². The Hall–Kier alpha value is -3.91. The lowest BCUT2D eigenvalue weighted by molar-refractivity contribution is -0.114. The first kappa shape index (κ1) is 23.8. The monoisotopic (exact) mass is 504 g/mol. The summed E-state index contributed by atoms with van der Waals surface area (Å²) in [7, 11) is -4.16. The summed E-state index contributed by atoms with van der Waals surface area (Å²) in [5, 5.41) is 4.99. The summed E-state index contributed by atoms with van der Waals surface area (Å²) < 4.78 is 47.0. The van der Waals surface area contributed by atoms with Gasteiger partial charge in [-0.1, -0.05) is 24.3 Å². The van der Waals surface area contributed by atoms with Crippen LogP contribution < -0.4 is 14.4 Å². The SMILES string of the molecule is CCOc1ccc(N(CC(=O)Nc2ccc3c4c(cccc24)CC3)S(=O)(=O)c2ccc(F)cc2)cc1. The molecule has 5 rings (SSSR count). The number of sulfonamides is 1. The number of anilines is 2. The van der Waals surface area contributed by atoms with E-state index < -0.39 is 28.3 Å². The first-order valence-electron chi connectivity index (χ1n) is 11.7. The van der Waals surface area contributed by atoms with Crippen LogP contribution in [0.2, 0.25) is 0 Å². The number of carbonyl (C=O) groups is 1. The summed E-state index contributed by atoms with van der Waals surface area (Å²) in [4.78, 5) is 13.1. The number of rotatable bonds is 8. The van der Waals surface area contributed by atoms with Crippen LogP contribution in [0.15, 0.2) is 83.8 Å². The number of nitrogens with one attached hydrogen (secondary N) is 1. The van der Waals surface area contributed by atoms with Crippen molar-refractivity contribution in [2.45, 2.75) is 24.7 Å². The molecule has 4 aromatic carbocycles. The maximum atomic E-state index is 13.5. The number of halogens is 1. The molecule has 36 heavy (non-hydrogen) atoms. The predicted octanol–water partition coefficient (Wildman–Crippen LogP) is 5.31. The van der Waals surface area contributed by atoms with Crippen molar-refractivity contribution in [2.75, 3.05) is 22.8 Å². The highest BCUT2D eigenvalue weighted by atomic mass is 32.2. The number of hydrogen-bond donors (Lipinski definition) is 1. The van der Waals surface area contributed by atoms with Crippen LogP contribution in [0.1, 0.15) is 18.1 Å². The average Bonchev–Trinajstić information content (AvgIpc) is 3.30. The molecule has 1 amide bonds. The van der Waals surface area contributed by atoms with E-state index >= 15 is 0 Å². The highest BCUT2D eigenvalue weighted by molar-refractivity contribution is 7.92. The van der Waals surface area contributed by atoms with Gasteiger partial charge in [-0.2, -0.15) is 0 Å². The molecule has 0 radical (unpaired) electrons. The number of amides is 1. The van der Waals surface area contributed by atoms with E-state index in [0.717, 1.165) is 40.1 Å². The van der Waals surface area contributed by atoms with Gasteiger partial charge in [-0.05, 0) is 90.9 Å². The first-order chi connectivity index (χ1) is 17.4. The zero-order valence-corrected chi connectivity index (χ0v) is 20.5. The summed E-state index contributed by atoms with van der Waals surface area (Å²) in [5.74, 6) is -0.461. The van der Waals surface area contributed by atoms with Crippen LogP contribution >= 0.6 is 0 Å². The lowest BCUT2D eigenvalue weighted by atomic mass is 10.0. The summed E-state index contributed by atoms with van der Waals surface area (Å²) in [5.41, 5.74) is 3.41. The van der Waals surface area contributed by atoms with E-state index in [9.17, 15) is 17.6 Å². The molecule has 0 atom stereocenters. The van der Waals surface area contributed by atoms with E-state index in [1.807, 2.05) is 31.2 Å². The summed E-state index contributed by atoms with van der Waals surface area (Å²) in [6.07, 6.45) is 1.93. The fraction of sp³-hybridized carbons (Fsp3) is 0.179. The normalized spacial score (nSPS) is 12.5. The van der Waals surface area contributed by atoms with Crippen LogP contribution in [0.3, 0.4) is 0 Å². The zero-order valence-electron chi connectivity index (χ0n) is 19.7. The molecule has 0 unspecified atom stereocenters. The molecule has 184 valence electrons. The highest BCUT2D eigenvalue weighted by Crippen LogP contribution is 2.35. The molecule has 0 aromatic heterocycles. The van der Waals surface area contributed by atoms with Crippen molar-refractivity contribution in [3.8, 4) is 5.75 Å². The van der Waals surface area contributed by atoms with Crippen molar-refractivity contribution in [3.63, 3.8) is 0 Å². The number of aryl methyl sites for hydroxylation is 2. The number of nitrogens with zero attached hydrogens (tertiary/aromatic N) is 1. The quantitative estimate of drug-likeness (QED) is 0.353. The van der Waals surface area contributed by atoms with E-state index in [2.05, 4.69) is 11.4 Å². The molecular weight excluding hydrogens is 479 g/mol. The molecule has 0 bridgehead atoms. The van der Waals surface area contributed by atoms with Gasteiger partial charge in [-0.25, -0.2) is 12.8 Å². The van der Waals surface area contributed by atoms with Crippen LogP contribution in [0.5, 0.6) is 5.75 Å². The van der Waals surface area contributed by atoms with Crippen molar-refractivity contribution in [3.05, 3.63) is 95.8 Å². The number of hydrogen-bond acceptors (Lipinski definition) is 4. The number of carbonyl (C=O) groups excluding carboxylic acids is 1. The first-order valence-corrected chi connectivity index (χ1v) is 13.2. The van der Waals surface area contributed by atoms with E-state index in [1.54, 1.807) is 24.3 Å². The average molecular weight is 505 g/mol. The molecule has 0 heterocycles. The molecule has 1 aliphatic carbocycles. The van der Waals surface area contributed by atoms with Gasteiger partial charge >= 0.3 is 0 Å². The van der Waals surface area contributed by atoms with E-state index in [4.69, 9.17) is 4.74 Å². The minimum atomic E-state index is -4.16. The standard InChI is InChI=1S/C28H25FN2O4S/c1-2-35-23-13-11-22(12-14-23)31(36(33,34)24-15-9-21(29)10-16-24)18-27(32)30-26-17-8-20-7-6-19-4-3-5-25(26)28(19)20/h3-5,8-17H,2,6-7,18H2,1H3,(H,30,32). The lowest BCUT2D eigenvalue weighted by Gasteiger charge is -2.24. The third-order valence-corrected chi connectivity index (χ3v) is 8.06. The van der Waals surface area contributed by atoms with Gasteiger partial charge in [-0.3, -0.25) is 9.10 Å². The van der Waals surface area contributed by atoms with Crippen molar-refractivity contribution < 1.29 is 22.3 Å². The van der Waals surface area contributed by atoms with Gasteiger partial charge < -0.3 is 10.1 Å².